The number of nitrogens with zero attached hydrogens (tertiary/aromatic N) is 2. The van der Waals surface area contributed by atoms with Gasteiger partial charge in [0.15, 0.2) is 0 Å². The predicted molar refractivity (Wildman–Crippen MR) is 116 cm³/mol. The molecule has 4 nitrogen and oxygen atoms in total. The van der Waals surface area contributed by atoms with Crippen LogP contribution in [0.5, 0.6) is 0 Å². The Hall–Kier alpha value is -2.04. The van der Waals surface area contributed by atoms with Crippen molar-refractivity contribution in [2.75, 3.05) is 31.1 Å². The number of anilines is 2. The Morgan fingerprint density at radius 3 is 2.18 bits per heavy atom. The molecule has 0 amide bonds. The molecule has 1 fully saturated rings. The number of para-hydroxylation sites is 2. The Kier molecular flexibility index (Phi) is 6.97. The Balaban J connectivity index is 0.00000225. The average Bonchev–Trinajstić information content (AvgIpc) is 2.86. The third-order valence-electron chi connectivity index (χ3n) is 5.94. The number of hydrogen-bond acceptors (Lipinski definition) is 3. The molecule has 0 aliphatic carbocycles. The van der Waals surface area contributed by atoms with Gasteiger partial charge in [0.05, 0.1) is 5.92 Å². The summed E-state index contributed by atoms with van der Waals surface area (Å²) in [5, 5.41) is 9.30. The second-order valence-corrected chi connectivity index (χ2v) is 7.74. The maximum absolute atomic E-state index is 11.3. The van der Waals surface area contributed by atoms with Gasteiger partial charge in [-0.3, -0.25) is 4.79 Å². The molecule has 150 valence electrons. The molecule has 0 radical (unpaired) electrons. The molecule has 28 heavy (non-hydrogen) atoms. The van der Waals surface area contributed by atoms with Crippen molar-refractivity contribution >= 4 is 29.8 Å². The second-order valence-electron chi connectivity index (χ2n) is 7.74. The van der Waals surface area contributed by atoms with Gasteiger partial charge in [0, 0.05) is 24.5 Å². The van der Waals surface area contributed by atoms with E-state index in [1.807, 2.05) is 0 Å². The lowest BCUT2D eigenvalue weighted by molar-refractivity contribution is -0.143. The van der Waals surface area contributed by atoms with Crippen LogP contribution in [0.1, 0.15) is 30.4 Å². The molecule has 2 aliphatic heterocycles. The van der Waals surface area contributed by atoms with Crippen LogP contribution in [0.15, 0.2) is 48.5 Å². The molecule has 1 N–H and O–H groups in total. The molecule has 0 saturated carbocycles. The molecule has 2 aliphatic rings. The van der Waals surface area contributed by atoms with Crippen LogP contribution in [0, 0.1) is 5.92 Å². The Morgan fingerprint density at radius 2 is 1.57 bits per heavy atom. The number of piperidine rings is 1. The van der Waals surface area contributed by atoms with Crippen molar-refractivity contribution in [2.45, 2.75) is 32.1 Å². The molecule has 1 saturated heterocycles. The van der Waals surface area contributed by atoms with Crippen molar-refractivity contribution in [3.05, 3.63) is 59.7 Å². The summed E-state index contributed by atoms with van der Waals surface area (Å²) in [6.45, 7) is 3.65. The second kappa shape index (κ2) is 9.44. The number of fused-ring (bicyclic) bond motifs is 2. The number of carboxylic acid groups (broad SMARTS) is 1. The summed E-state index contributed by atoms with van der Waals surface area (Å²) in [7, 11) is 0. The van der Waals surface area contributed by atoms with Crippen LogP contribution < -0.4 is 4.90 Å². The Labute approximate surface area is 173 Å². The number of hydrogen-bond donors (Lipinski definition) is 1. The number of carboxylic acids is 1. The number of aliphatic carboxylic acids is 1. The van der Waals surface area contributed by atoms with Gasteiger partial charge in [-0.1, -0.05) is 36.4 Å². The minimum Gasteiger partial charge on any atom is -0.481 e. The van der Waals surface area contributed by atoms with E-state index in [4.69, 9.17) is 0 Å². The smallest absolute Gasteiger partial charge is 0.307 e. The summed E-state index contributed by atoms with van der Waals surface area (Å²) >= 11 is 0. The van der Waals surface area contributed by atoms with Crippen molar-refractivity contribution in [1.29, 1.82) is 0 Å². The molecule has 1 atom stereocenters. The fourth-order valence-electron chi connectivity index (χ4n) is 4.52. The van der Waals surface area contributed by atoms with E-state index in [2.05, 4.69) is 58.3 Å². The van der Waals surface area contributed by atoms with Crippen LogP contribution in [0.2, 0.25) is 0 Å². The van der Waals surface area contributed by atoms with Crippen LogP contribution in [0.3, 0.4) is 0 Å². The van der Waals surface area contributed by atoms with E-state index >= 15 is 0 Å². The van der Waals surface area contributed by atoms with Gasteiger partial charge >= 0.3 is 5.97 Å². The molecule has 0 bridgehead atoms. The van der Waals surface area contributed by atoms with Gasteiger partial charge in [-0.2, -0.15) is 0 Å². The third-order valence-corrected chi connectivity index (χ3v) is 5.94. The molecular formula is C23H29ClN2O2. The van der Waals surface area contributed by atoms with E-state index in [1.54, 1.807) is 0 Å². The van der Waals surface area contributed by atoms with Crippen molar-refractivity contribution < 1.29 is 9.90 Å². The quantitative estimate of drug-likeness (QED) is 0.800. The topological polar surface area (TPSA) is 43.8 Å². The number of likely N-dealkylation sites (tertiary alicyclic amines) is 1. The summed E-state index contributed by atoms with van der Waals surface area (Å²) in [4.78, 5) is 16.1. The first-order valence-corrected chi connectivity index (χ1v) is 10.1. The SMILES string of the molecule is Cl.O=C(O)[C@@H]1CCCN(CCCN2c3ccccc3CCc3ccccc32)C1. The zero-order chi connectivity index (χ0) is 18.6. The predicted octanol–water partition coefficient (Wildman–Crippen LogP) is 4.53. The highest BCUT2D eigenvalue weighted by atomic mass is 35.5. The van der Waals surface area contributed by atoms with Crippen LogP contribution in [-0.4, -0.2) is 42.2 Å². The normalized spacial score (nSPS) is 19.1. The first-order valence-electron chi connectivity index (χ1n) is 10.1. The van der Waals surface area contributed by atoms with E-state index in [-0.39, 0.29) is 18.3 Å². The van der Waals surface area contributed by atoms with Crippen molar-refractivity contribution in [3.8, 4) is 0 Å². The highest BCUT2D eigenvalue weighted by Crippen LogP contribution is 2.35. The summed E-state index contributed by atoms with van der Waals surface area (Å²) in [5.74, 6) is -0.839. The van der Waals surface area contributed by atoms with E-state index in [9.17, 15) is 9.90 Å². The highest BCUT2D eigenvalue weighted by molar-refractivity contribution is 5.85. The number of rotatable bonds is 5. The largest absolute Gasteiger partial charge is 0.481 e. The standard InChI is InChI=1S/C23H28N2O2.ClH/c26-23(27)20-9-5-14-24(17-20)15-6-16-25-21-10-3-1-7-18(21)12-13-19-8-2-4-11-22(19)25;/h1-4,7-8,10-11,20H,5-6,9,12-17H2,(H,26,27);1H/t20-;/m1./s1. The van der Waals surface area contributed by atoms with Gasteiger partial charge in [-0.05, 0) is 68.5 Å². The molecular weight excluding hydrogens is 372 g/mol. The highest BCUT2D eigenvalue weighted by Gasteiger charge is 2.25. The van der Waals surface area contributed by atoms with E-state index in [1.165, 1.54) is 22.5 Å². The number of benzene rings is 2. The lowest BCUT2D eigenvalue weighted by Crippen LogP contribution is -2.39. The first-order chi connectivity index (χ1) is 13.2. The molecule has 0 unspecified atom stereocenters. The van der Waals surface area contributed by atoms with Crippen LogP contribution in [0.4, 0.5) is 11.4 Å². The Bertz CT molecular complexity index is 763. The Morgan fingerprint density at radius 1 is 0.964 bits per heavy atom. The van der Waals surface area contributed by atoms with E-state index < -0.39 is 5.97 Å². The fourth-order valence-corrected chi connectivity index (χ4v) is 4.52. The number of aryl methyl sites for hydroxylation is 2. The summed E-state index contributed by atoms with van der Waals surface area (Å²) in [6.07, 6.45) is 5.01. The molecule has 4 rings (SSSR count). The van der Waals surface area contributed by atoms with Gasteiger partial charge in [0.2, 0.25) is 0 Å². The summed E-state index contributed by atoms with van der Waals surface area (Å²) in [5.41, 5.74) is 5.48. The van der Waals surface area contributed by atoms with Gasteiger partial charge < -0.3 is 14.9 Å². The number of carbonyl (C=O) groups is 1. The van der Waals surface area contributed by atoms with Gasteiger partial charge in [-0.25, -0.2) is 0 Å². The summed E-state index contributed by atoms with van der Waals surface area (Å²) < 4.78 is 0. The molecule has 2 aromatic rings. The zero-order valence-electron chi connectivity index (χ0n) is 16.2. The van der Waals surface area contributed by atoms with Gasteiger partial charge in [-0.15, -0.1) is 12.4 Å². The lowest BCUT2D eigenvalue weighted by atomic mass is 9.98. The first kappa shape index (κ1) is 20.7. The van der Waals surface area contributed by atoms with Crippen LogP contribution in [-0.2, 0) is 17.6 Å². The van der Waals surface area contributed by atoms with Crippen molar-refractivity contribution in [1.82, 2.24) is 4.90 Å². The van der Waals surface area contributed by atoms with Crippen LogP contribution in [0.25, 0.3) is 0 Å². The molecule has 5 heteroatoms. The number of halogens is 1. The molecule has 2 aromatic carbocycles. The van der Waals surface area contributed by atoms with E-state index in [0.717, 1.165) is 51.7 Å². The maximum Gasteiger partial charge on any atom is 0.307 e. The van der Waals surface area contributed by atoms with Gasteiger partial charge in [0.1, 0.15) is 0 Å². The van der Waals surface area contributed by atoms with Crippen LogP contribution >= 0.6 is 12.4 Å². The van der Waals surface area contributed by atoms with E-state index in [0.29, 0.717) is 6.54 Å². The maximum atomic E-state index is 11.3. The molecule has 0 aromatic heterocycles. The van der Waals surface area contributed by atoms with Crippen molar-refractivity contribution in [2.24, 2.45) is 5.92 Å². The third kappa shape index (κ3) is 4.50. The average molecular weight is 401 g/mol. The molecule has 2 heterocycles. The van der Waals surface area contributed by atoms with Gasteiger partial charge in [0.25, 0.3) is 0 Å². The zero-order valence-corrected chi connectivity index (χ0v) is 17.0. The lowest BCUT2D eigenvalue weighted by Gasteiger charge is -2.32. The fraction of sp³-hybridized carbons (Fsp3) is 0.435. The molecule has 0 spiro atoms. The minimum absolute atomic E-state index is 0. The minimum atomic E-state index is -0.643. The summed E-state index contributed by atoms with van der Waals surface area (Å²) in [6, 6.07) is 17.5. The van der Waals surface area contributed by atoms with Crippen molar-refractivity contribution in [3.63, 3.8) is 0 Å². The monoisotopic (exact) mass is 400 g/mol.